The minimum Gasteiger partial charge on any atom is -0.508 e. The summed E-state index contributed by atoms with van der Waals surface area (Å²) in [6, 6.07) is 2.60. The Bertz CT molecular complexity index is 452. The zero-order chi connectivity index (χ0) is 14.0. The molecule has 1 atom stereocenters. The number of rotatable bonds is 2. The lowest BCUT2D eigenvalue weighted by atomic mass is 10.0. The van der Waals surface area contributed by atoms with Gasteiger partial charge in [0.2, 0.25) is 0 Å². The first-order valence-corrected chi connectivity index (χ1v) is 6.20. The number of halogens is 5. The molecule has 1 aromatic carbocycles. The molecular formula is C13H19Cl2F3N2O. The number of hydrogen-bond donors (Lipinski definition) is 2. The second-order valence-electron chi connectivity index (χ2n) is 4.79. The van der Waals surface area contributed by atoms with E-state index in [9.17, 15) is 18.3 Å². The number of piperazine rings is 1. The van der Waals surface area contributed by atoms with Crippen LogP contribution < -0.4 is 5.32 Å². The molecule has 3 nitrogen and oxygen atoms in total. The van der Waals surface area contributed by atoms with Gasteiger partial charge >= 0.3 is 6.18 Å². The molecule has 122 valence electrons. The van der Waals surface area contributed by atoms with Gasteiger partial charge in [0, 0.05) is 31.7 Å². The average Bonchev–Trinajstić information content (AvgIpc) is 2.33. The first kappa shape index (κ1) is 20.3. The Morgan fingerprint density at radius 3 is 2.29 bits per heavy atom. The van der Waals surface area contributed by atoms with Crippen molar-refractivity contribution in [3.63, 3.8) is 0 Å². The summed E-state index contributed by atoms with van der Waals surface area (Å²) < 4.78 is 40.0. The Morgan fingerprint density at radius 1 is 1.19 bits per heavy atom. The summed E-state index contributed by atoms with van der Waals surface area (Å²) in [6.07, 6.45) is -4.40. The lowest BCUT2D eigenvalue weighted by molar-refractivity contribution is -0.188. The number of alkyl halides is 3. The summed E-state index contributed by atoms with van der Waals surface area (Å²) >= 11 is 0. The minimum absolute atomic E-state index is 0. The number of hydrogen-bond acceptors (Lipinski definition) is 3. The maximum Gasteiger partial charge on any atom is 0.408 e. The molecule has 1 heterocycles. The molecule has 0 bridgehead atoms. The van der Waals surface area contributed by atoms with Crippen LogP contribution in [0.3, 0.4) is 0 Å². The molecule has 0 aromatic heterocycles. The maximum absolute atomic E-state index is 13.3. The number of nitrogens with one attached hydrogen (secondary N) is 1. The quantitative estimate of drug-likeness (QED) is 0.863. The number of benzene rings is 1. The van der Waals surface area contributed by atoms with Crippen LogP contribution in [0.4, 0.5) is 13.2 Å². The van der Waals surface area contributed by atoms with Crippen molar-refractivity contribution < 1.29 is 18.3 Å². The third kappa shape index (κ3) is 4.92. The molecule has 21 heavy (non-hydrogen) atoms. The molecule has 0 saturated carbocycles. The van der Waals surface area contributed by atoms with E-state index in [0.717, 1.165) is 0 Å². The number of phenols is 1. The molecule has 2 rings (SSSR count). The number of nitrogens with zero attached hydrogens (tertiary/aromatic N) is 1. The minimum atomic E-state index is -4.40. The summed E-state index contributed by atoms with van der Waals surface area (Å²) in [7, 11) is 0. The summed E-state index contributed by atoms with van der Waals surface area (Å²) in [5, 5.41) is 12.8. The highest BCUT2D eigenvalue weighted by atomic mass is 35.5. The zero-order valence-corrected chi connectivity index (χ0v) is 13.1. The van der Waals surface area contributed by atoms with E-state index in [1.165, 1.54) is 17.0 Å². The van der Waals surface area contributed by atoms with E-state index in [-0.39, 0.29) is 36.1 Å². The monoisotopic (exact) mass is 346 g/mol. The number of aromatic hydroxyl groups is 1. The van der Waals surface area contributed by atoms with Crippen LogP contribution in [0.5, 0.6) is 5.75 Å². The third-order valence-corrected chi connectivity index (χ3v) is 3.30. The lowest BCUT2D eigenvalue weighted by Crippen LogP contribution is -2.49. The second kappa shape index (κ2) is 8.08. The average molecular weight is 347 g/mol. The maximum atomic E-state index is 13.3. The highest BCUT2D eigenvalue weighted by Crippen LogP contribution is 2.41. The van der Waals surface area contributed by atoms with Crippen LogP contribution in [0.2, 0.25) is 0 Å². The van der Waals surface area contributed by atoms with Gasteiger partial charge in [0.25, 0.3) is 0 Å². The van der Waals surface area contributed by atoms with Crippen LogP contribution in [0.1, 0.15) is 17.2 Å². The fourth-order valence-corrected chi connectivity index (χ4v) is 2.41. The van der Waals surface area contributed by atoms with Crippen molar-refractivity contribution in [3.05, 3.63) is 29.3 Å². The van der Waals surface area contributed by atoms with E-state index in [0.29, 0.717) is 31.7 Å². The molecule has 0 radical (unpaired) electrons. The molecular weight excluding hydrogens is 328 g/mol. The predicted molar refractivity (Wildman–Crippen MR) is 80.6 cm³/mol. The van der Waals surface area contributed by atoms with Crippen LogP contribution in [0.25, 0.3) is 0 Å². The van der Waals surface area contributed by atoms with Crippen LogP contribution in [0.15, 0.2) is 18.2 Å². The van der Waals surface area contributed by atoms with Gasteiger partial charge in [0.15, 0.2) is 0 Å². The largest absolute Gasteiger partial charge is 0.508 e. The molecule has 1 aliphatic rings. The van der Waals surface area contributed by atoms with Gasteiger partial charge < -0.3 is 10.4 Å². The SMILES string of the molecule is Cc1ccc(O)c([C@H](N2CCNCC2)C(F)(F)F)c1.Cl.Cl. The summed E-state index contributed by atoms with van der Waals surface area (Å²) in [4.78, 5) is 1.37. The van der Waals surface area contributed by atoms with Gasteiger partial charge in [0.05, 0.1) is 0 Å². The standard InChI is InChI=1S/C13H17F3N2O.2ClH/c1-9-2-3-11(19)10(8-9)12(13(14,15)16)18-6-4-17-5-7-18;;/h2-3,8,12,17,19H,4-7H2,1H3;2*1H/t12-;;/m0../s1. The Morgan fingerprint density at radius 2 is 1.76 bits per heavy atom. The van der Waals surface area contributed by atoms with Gasteiger partial charge in [-0.05, 0) is 13.0 Å². The Kier molecular flexibility index (Phi) is 7.81. The van der Waals surface area contributed by atoms with Crippen LogP contribution in [0, 0.1) is 6.92 Å². The normalized spacial score (nSPS) is 17.5. The predicted octanol–water partition coefficient (Wildman–Crippen LogP) is 3.05. The lowest BCUT2D eigenvalue weighted by Gasteiger charge is -2.36. The second-order valence-corrected chi connectivity index (χ2v) is 4.79. The molecule has 0 aliphatic carbocycles. The molecule has 8 heteroatoms. The molecule has 1 fully saturated rings. The summed E-state index contributed by atoms with van der Waals surface area (Å²) in [6.45, 7) is 3.40. The van der Waals surface area contributed by atoms with Crippen LogP contribution in [-0.4, -0.2) is 42.4 Å². The van der Waals surface area contributed by atoms with Crippen molar-refractivity contribution in [2.24, 2.45) is 0 Å². The molecule has 0 amide bonds. The van der Waals surface area contributed by atoms with Gasteiger partial charge in [-0.1, -0.05) is 17.7 Å². The molecule has 1 aliphatic heterocycles. The van der Waals surface area contributed by atoms with E-state index in [1.807, 2.05) is 0 Å². The van der Waals surface area contributed by atoms with Crippen molar-refractivity contribution in [3.8, 4) is 5.75 Å². The van der Waals surface area contributed by atoms with Crippen molar-refractivity contribution in [2.45, 2.75) is 19.1 Å². The highest BCUT2D eigenvalue weighted by Gasteiger charge is 2.46. The van der Waals surface area contributed by atoms with Gasteiger partial charge in [-0.3, -0.25) is 4.90 Å². The smallest absolute Gasteiger partial charge is 0.408 e. The van der Waals surface area contributed by atoms with E-state index in [1.54, 1.807) is 13.0 Å². The number of aryl methyl sites for hydroxylation is 1. The Labute approximate surface area is 134 Å². The van der Waals surface area contributed by atoms with Crippen molar-refractivity contribution in [2.75, 3.05) is 26.2 Å². The van der Waals surface area contributed by atoms with E-state index < -0.39 is 12.2 Å². The molecule has 0 unspecified atom stereocenters. The van der Waals surface area contributed by atoms with Crippen LogP contribution >= 0.6 is 24.8 Å². The first-order chi connectivity index (χ1) is 8.89. The third-order valence-electron chi connectivity index (χ3n) is 3.30. The van der Waals surface area contributed by atoms with Gasteiger partial charge in [-0.2, -0.15) is 13.2 Å². The van der Waals surface area contributed by atoms with Gasteiger partial charge in [0.1, 0.15) is 11.8 Å². The number of phenolic OH excluding ortho intramolecular Hbond substituents is 1. The van der Waals surface area contributed by atoms with Crippen LogP contribution in [-0.2, 0) is 0 Å². The molecule has 1 aromatic rings. The first-order valence-electron chi connectivity index (χ1n) is 6.20. The Balaban J connectivity index is 0.00000200. The van der Waals surface area contributed by atoms with E-state index in [2.05, 4.69) is 5.32 Å². The van der Waals surface area contributed by atoms with Crippen molar-refractivity contribution in [1.82, 2.24) is 10.2 Å². The van der Waals surface area contributed by atoms with Gasteiger partial charge in [-0.25, -0.2) is 0 Å². The van der Waals surface area contributed by atoms with E-state index >= 15 is 0 Å². The summed E-state index contributed by atoms with van der Waals surface area (Å²) in [5.41, 5.74) is 0.645. The fourth-order valence-electron chi connectivity index (χ4n) is 2.41. The van der Waals surface area contributed by atoms with E-state index in [4.69, 9.17) is 0 Å². The topological polar surface area (TPSA) is 35.5 Å². The highest BCUT2D eigenvalue weighted by molar-refractivity contribution is 5.85. The molecule has 1 saturated heterocycles. The molecule has 0 spiro atoms. The fraction of sp³-hybridized carbons (Fsp3) is 0.538. The Hall–Kier alpha value is -0.690. The zero-order valence-electron chi connectivity index (χ0n) is 11.5. The van der Waals surface area contributed by atoms with Gasteiger partial charge in [-0.15, -0.1) is 24.8 Å². The van der Waals surface area contributed by atoms with Crippen molar-refractivity contribution in [1.29, 1.82) is 0 Å². The molecule has 2 N–H and O–H groups in total. The summed E-state index contributed by atoms with van der Waals surface area (Å²) in [5.74, 6) is -0.300. The van der Waals surface area contributed by atoms with Crippen molar-refractivity contribution >= 4 is 24.8 Å².